The average Bonchev–Trinajstić information content (AvgIpc) is 3.14. The van der Waals surface area contributed by atoms with Crippen LogP contribution in [-0.2, 0) is 4.79 Å². The lowest BCUT2D eigenvalue weighted by Crippen LogP contribution is -2.51. The van der Waals surface area contributed by atoms with E-state index in [1.807, 2.05) is 43.9 Å². The van der Waals surface area contributed by atoms with Crippen LogP contribution >= 0.6 is 0 Å². The Labute approximate surface area is 150 Å². The zero-order valence-corrected chi connectivity index (χ0v) is 15.4. The summed E-state index contributed by atoms with van der Waals surface area (Å²) in [5.74, 6) is 0.831. The lowest BCUT2D eigenvalue weighted by atomic mass is 9.98. The van der Waals surface area contributed by atoms with Gasteiger partial charge in [-0.3, -0.25) is 9.59 Å². The molecule has 1 saturated carbocycles. The quantitative estimate of drug-likeness (QED) is 0.877. The summed E-state index contributed by atoms with van der Waals surface area (Å²) in [6.45, 7) is 7.37. The van der Waals surface area contributed by atoms with E-state index in [0.29, 0.717) is 17.4 Å². The summed E-state index contributed by atoms with van der Waals surface area (Å²) in [6, 6.07) is 7.17. The first-order valence-electron chi connectivity index (χ1n) is 9.29. The topological polar surface area (TPSA) is 75.4 Å². The van der Waals surface area contributed by atoms with E-state index in [2.05, 4.69) is 5.32 Å². The largest absolute Gasteiger partial charge is 0.340 e. The second-order valence-corrected chi connectivity index (χ2v) is 7.92. The van der Waals surface area contributed by atoms with E-state index < -0.39 is 6.04 Å². The summed E-state index contributed by atoms with van der Waals surface area (Å²) in [7, 11) is 0. The molecule has 2 aliphatic rings. The fourth-order valence-corrected chi connectivity index (χ4v) is 4.24. The van der Waals surface area contributed by atoms with Gasteiger partial charge in [0.05, 0.1) is 0 Å². The molecule has 4 atom stereocenters. The molecule has 2 fully saturated rings. The average molecular weight is 343 g/mol. The van der Waals surface area contributed by atoms with Crippen molar-refractivity contribution >= 4 is 11.8 Å². The fraction of sp³-hybridized carbons (Fsp3) is 0.600. The molecule has 3 rings (SSSR count). The summed E-state index contributed by atoms with van der Waals surface area (Å²) < 4.78 is 0. The Hall–Kier alpha value is -1.88. The smallest absolute Gasteiger partial charge is 0.252 e. The number of aryl methyl sites for hydroxylation is 1. The Morgan fingerprint density at radius 3 is 2.56 bits per heavy atom. The summed E-state index contributed by atoms with van der Waals surface area (Å²) in [5.41, 5.74) is 7.72. The molecule has 1 heterocycles. The van der Waals surface area contributed by atoms with Gasteiger partial charge in [0.2, 0.25) is 5.91 Å². The first-order valence-corrected chi connectivity index (χ1v) is 9.29. The van der Waals surface area contributed by atoms with Gasteiger partial charge in [-0.15, -0.1) is 0 Å². The Morgan fingerprint density at radius 1 is 1.20 bits per heavy atom. The van der Waals surface area contributed by atoms with Gasteiger partial charge < -0.3 is 16.0 Å². The number of carbonyl (C=O) groups is 2. The maximum absolute atomic E-state index is 13.0. The highest BCUT2D eigenvalue weighted by atomic mass is 16.2. The van der Waals surface area contributed by atoms with Gasteiger partial charge in [0.15, 0.2) is 0 Å². The van der Waals surface area contributed by atoms with Crippen molar-refractivity contribution in [3.8, 4) is 0 Å². The molecule has 1 aliphatic heterocycles. The number of hydrogen-bond acceptors (Lipinski definition) is 3. The molecule has 0 aromatic heterocycles. The van der Waals surface area contributed by atoms with Crippen molar-refractivity contribution in [2.24, 2.45) is 23.5 Å². The van der Waals surface area contributed by atoms with E-state index in [9.17, 15) is 9.59 Å². The van der Waals surface area contributed by atoms with E-state index in [-0.39, 0.29) is 23.8 Å². The molecule has 1 aliphatic carbocycles. The molecule has 2 amide bonds. The fourth-order valence-electron chi connectivity index (χ4n) is 4.24. The molecule has 3 N–H and O–H groups in total. The molecule has 1 aromatic carbocycles. The standard InChI is InChI=1S/C20H29N3O2/c1-12(2)18(22-19(24)15-7-5-4-6-13(15)3)20(25)23-10-14-8-9-17(21)16(14)11-23/h4-7,12,14,16-18H,8-11,21H2,1-3H3,(H,22,24). The second-order valence-electron chi connectivity index (χ2n) is 7.92. The Balaban J connectivity index is 1.70. The first kappa shape index (κ1) is 17.9. The SMILES string of the molecule is Cc1ccccc1C(=O)NC(C(=O)N1CC2CCC(N)C2C1)C(C)C. The number of fused-ring (bicyclic) bond motifs is 1. The Kier molecular flexibility index (Phi) is 5.13. The second kappa shape index (κ2) is 7.16. The van der Waals surface area contributed by atoms with E-state index >= 15 is 0 Å². The third kappa shape index (κ3) is 3.56. The van der Waals surface area contributed by atoms with Crippen molar-refractivity contribution in [2.45, 2.75) is 45.7 Å². The minimum Gasteiger partial charge on any atom is -0.340 e. The zero-order valence-electron chi connectivity index (χ0n) is 15.4. The number of nitrogens with two attached hydrogens (primary N) is 1. The molecule has 0 spiro atoms. The zero-order chi connectivity index (χ0) is 18.1. The van der Waals surface area contributed by atoms with Crippen molar-refractivity contribution in [3.05, 3.63) is 35.4 Å². The van der Waals surface area contributed by atoms with E-state index in [1.54, 1.807) is 6.07 Å². The van der Waals surface area contributed by atoms with Gasteiger partial charge in [-0.25, -0.2) is 0 Å². The number of nitrogens with one attached hydrogen (secondary N) is 1. The molecule has 136 valence electrons. The maximum atomic E-state index is 13.0. The number of hydrogen-bond donors (Lipinski definition) is 2. The van der Waals surface area contributed by atoms with Crippen molar-refractivity contribution in [1.82, 2.24) is 10.2 Å². The molecular formula is C20H29N3O2. The maximum Gasteiger partial charge on any atom is 0.252 e. The normalized spacial score (nSPS) is 26.6. The highest BCUT2D eigenvalue weighted by Crippen LogP contribution is 2.37. The molecule has 4 unspecified atom stereocenters. The molecule has 25 heavy (non-hydrogen) atoms. The van der Waals surface area contributed by atoms with Crippen LogP contribution in [0.1, 0.15) is 42.6 Å². The third-order valence-electron chi connectivity index (χ3n) is 5.83. The van der Waals surface area contributed by atoms with E-state index in [0.717, 1.165) is 31.5 Å². The predicted octanol–water partition coefficient (Wildman–Crippen LogP) is 1.95. The van der Waals surface area contributed by atoms with Crippen LogP contribution in [0.2, 0.25) is 0 Å². The summed E-state index contributed by atoms with van der Waals surface area (Å²) >= 11 is 0. The molecule has 1 aromatic rings. The summed E-state index contributed by atoms with van der Waals surface area (Å²) in [6.07, 6.45) is 2.17. The van der Waals surface area contributed by atoms with Gasteiger partial charge in [-0.05, 0) is 49.1 Å². The molecule has 5 heteroatoms. The Morgan fingerprint density at radius 2 is 1.92 bits per heavy atom. The van der Waals surface area contributed by atoms with Crippen LogP contribution in [0.3, 0.4) is 0 Å². The lowest BCUT2D eigenvalue weighted by Gasteiger charge is -2.28. The highest BCUT2D eigenvalue weighted by Gasteiger charge is 2.44. The van der Waals surface area contributed by atoms with Crippen LogP contribution in [0.4, 0.5) is 0 Å². The number of rotatable bonds is 4. The minimum atomic E-state index is -0.498. The summed E-state index contributed by atoms with van der Waals surface area (Å²) in [4.78, 5) is 27.6. The van der Waals surface area contributed by atoms with Gasteiger partial charge in [0.25, 0.3) is 5.91 Å². The molecule has 1 saturated heterocycles. The molecule has 0 radical (unpaired) electrons. The van der Waals surface area contributed by atoms with Crippen LogP contribution in [-0.4, -0.2) is 41.9 Å². The number of nitrogens with zero attached hydrogens (tertiary/aromatic N) is 1. The van der Waals surface area contributed by atoms with E-state index in [1.165, 1.54) is 0 Å². The van der Waals surface area contributed by atoms with Crippen LogP contribution in [0.15, 0.2) is 24.3 Å². The molecule has 0 bridgehead atoms. The van der Waals surface area contributed by atoms with Gasteiger partial charge in [0.1, 0.15) is 6.04 Å². The van der Waals surface area contributed by atoms with Crippen LogP contribution in [0, 0.1) is 24.7 Å². The minimum absolute atomic E-state index is 0.0264. The number of amides is 2. The van der Waals surface area contributed by atoms with Gasteiger partial charge in [-0.1, -0.05) is 32.0 Å². The van der Waals surface area contributed by atoms with Crippen molar-refractivity contribution in [1.29, 1.82) is 0 Å². The van der Waals surface area contributed by atoms with Crippen LogP contribution in [0.5, 0.6) is 0 Å². The van der Waals surface area contributed by atoms with Crippen molar-refractivity contribution in [3.63, 3.8) is 0 Å². The monoisotopic (exact) mass is 343 g/mol. The van der Waals surface area contributed by atoms with E-state index in [4.69, 9.17) is 5.73 Å². The summed E-state index contributed by atoms with van der Waals surface area (Å²) in [5, 5.41) is 2.97. The van der Waals surface area contributed by atoms with Gasteiger partial charge in [-0.2, -0.15) is 0 Å². The lowest BCUT2D eigenvalue weighted by molar-refractivity contribution is -0.133. The van der Waals surface area contributed by atoms with Gasteiger partial charge >= 0.3 is 0 Å². The highest BCUT2D eigenvalue weighted by molar-refractivity contribution is 5.98. The number of benzene rings is 1. The van der Waals surface area contributed by atoms with Crippen molar-refractivity contribution in [2.75, 3.05) is 13.1 Å². The number of likely N-dealkylation sites (tertiary alicyclic amines) is 1. The Bertz CT molecular complexity index is 658. The van der Waals surface area contributed by atoms with Gasteiger partial charge in [0, 0.05) is 24.7 Å². The predicted molar refractivity (Wildman–Crippen MR) is 98.0 cm³/mol. The first-order chi connectivity index (χ1) is 11.9. The molecule has 5 nitrogen and oxygen atoms in total. The number of carbonyl (C=O) groups excluding carboxylic acids is 2. The molecular weight excluding hydrogens is 314 g/mol. The van der Waals surface area contributed by atoms with Crippen LogP contribution in [0.25, 0.3) is 0 Å². The third-order valence-corrected chi connectivity index (χ3v) is 5.83. The van der Waals surface area contributed by atoms with Crippen LogP contribution < -0.4 is 11.1 Å². The van der Waals surface area contributed by atoms with Crippen molar-refractivity contribution < 1.29 is 9.59 Å².